The predicted octanol–water partition coefficient (Wildman–Crippen LogP) is 4.97. The number of benzene rings is 2. The molecule has 1 spiro atoms. The zero-order valence-electron chi connectivity index (χ0n) is 18.0. The van der Waals surface area contributed by atoms with E-state index >= 15 is 0 Å². The molecule has 0 bridgehead atoms. The van der Waals surface area contributed by atoms with Crippen molar-refractivity contribution in [3.05, 3.63) is 59.7 Å². The first-order valence-electron chi connectivity index (χ1n) is 11.7. The molecule has 0 amide bonds. The third-order valence-electron chi connectivity index (χ3n) is 7.12. The van der Waals surface area contributed by atoms with Crippen molar-refractivity contribution in [1.29, 1.82) is 0 Å². The molecule has 4 heteroatoms. The SMILES string of the molecule is c1ccc2c(c1)COC21CCN(c2ccc(OCCCN3CCCCC3)cc2)CC1. The molecule has 2 aromatic carbocycles. The molecular formula is C26H34N2O2. The summed E-state index contributed by atoms with van der Waals surface area (Å²) in [5, 5.41) is 0. The second kappa shape index (κ2) is 8.99. The monoisotopic (exact) mass is 406 g/mol. The standard InChI is InChI=1S/C26H34N2O2/c1-4-15-27(16-5-1)17-6-20-29-24-11-9-23(10-12-24)28-18-13-26(14-19-28)25-8-3-2-7-22(25)21-30-26/h2-3,7-12H,1,4-6,13-21H2. The van der Waals surface area contributed by atoms with Gasteiger partial charge < -0.3 is 19.3 Å². The van der Waals surface area contributed by atoms with E-state index in [0.29, 0.717) is 0 Å². The van der Waals surface area contributed by atoms with Gasteiger partial charge in [0.2, 0.25) is 0 Å². The number of hydrogen-bond donors (Lipinski definition) is 0. The average Bonchev–Trinajstić information content (AvgIpc) is 3.17. The van der Waals surface area contributed by atoms with Gasteiger partial charge in [0.1, 0.15) is 5.75 Å². The van der Waals surface area contributed by atoms with E-state index in [2.05, 4.69) is 58.3 Å². The van der Waals surface area contributed by atoms with Gasteiger partial charge in [0, 0.05) is 25.3 Å². The topological polar surface area (TPSA) is 24.9 Å². The Morgan fingerprint density at radius 3 is 2.43 bits per heavy atom. The van der Waals surface area contributed by atoms with Crippen LogP contribution in [0.3, 0.4) is 0 Å². The Hall–Kier alpha value is -2.04. The maximum Gasteiger partial charge on any atom is 0.119 e. The van der Waals surface area contributed by atoms with Gasteiger partial charge in [-0.1, -0.05) is 30.7 Å². The third-order valence-corrected chi connectivity index (χ3v) is 7.12. The van der Waals surface area contributed by atoms with E-state index in [-0.39, 0.29) is 5.60 Å². The number of piperidine rings is 2. The summed E-state index contributed by atoms with van der Waals surface area (Å²) in [5.41, 5.74) is 4.01. The Morgan fingerprint density at radius 1 is 0.867 bits per heavy atom. The number of nitrogens with zero attached hydrogens (tertiary/aromatic N) is 2. The molecule has 4 nitrogen and oxygen atoms in total. The van der Waals surface area contributed by atoms with E-state index in [1.54, 1.807) is 0 Å². The zero-order chi connectivity index (χ0) is 20.2. The minimum Gasteiger partial charge on any atom is -0.494 e. The van der Waals surface area contributed by atoms with E-state index in [9.17, 15) is 0 Å². The van der Waals surface area contributed by atoms with E-state index in [1.165, 1.54) is 55.7 Å². The molecule has 2 saturated heterocycles. The lowest BCUT2D eigenvalue weighted by Crippen LogP contribution is -2.42. The minimum atomic E-state index is -0.0650. The fourth-order valence-electron chi connectivity index (χ4n) is 5.34. The van der Waals surface area contributed by atoms with Crippen LogP contribution >= 0.6 is 0 Å². The Bertz CT molecular complexity index is 821. The highest BCUT2D eigenvalue weighted by molar-refractivity contribution is 5.50. The molecule has 3 aliphatic heterocycles. The van der Waals surface area contributed by atoms with Crippen LogP contribution in [0.2, 0.25) is 0 Å². The highest BCUT2D eigenvalue weighted by atomic mass is 16.5. The lowest BCUT2D eigenvalue weighted by atomic mass is 9.83. The molecule has 5 rings (SSSR count). The van der Waals surface area contributed by atoms with Crippen LogP contribution in [-0.4, -0.2) is 44.2 Å². The fraction of sp³-hybridized carbons (Fsp3) is 0.538. The summed E-state index contributed by atoms with van der Waals surface area (Å²) in [6, 6.07) is 17.4. The number of ether oxygens (including phenoxy) is 2. The largest absolute Gasteiger partial charge is 0.494 e. The summed E-state index contributed by atoms with van der Waals surface area (Å²) in [6.45, 7) is 7.33. The van der Waals surface area contributed by atoms with Crippen molar-refractivity contribution in [2.75, 3.05) is 44.2 Å². The van der Waals surface area contributed by atoms with Gasteiger partial charge in [-0.3, -0.25) is 0 Å². The maximum atomic E-state index is 6.30. The molecule has 0 saturated carbocycles. The van der Waals surface area contributed by atoms with Crippen molar-refractivity contribution >= 4 is 5.69 Å². The zero-order valence-corrected chi connectivity index (χ0v) is 18.0. The fourth-order valence-corrected chi connectivity index (χ4v) is 5.34. The van der Waals surface area contributed by atoms with Crippen LogP contribution in [0.1, 0.15) is 49.7 Å². The number of rotatable bonds is 6. The van der Waals surface area contributed by atoms with E-state index < -0.39 is 0 Å². The first-order valence-corrected chi connectivity index (χ1v) is 11.7. The highest BCUT2D eigenvalue weighted by Gasteiger charge is 2.42. The van der Waals surface area contributed by atoms with Crippen molar-refractivity contribution in [1.82, 2.24) is 4.90 Å². The van der Waals surface area contributed by atoms with Crippen LogP contribution in [0.5, 0.6) is 5.75 Å². The summed E-state index contributed by atoms with van der Waals surface area (Å²) in [6.07, 6.45) is 7.34. The van der Waals surface area contributed by atoms with Crippen LogP contribution in [0.15, 0.2) is 48.5 Å². The number of hydrogen-bond acceptors (Lipinski definition) is 4. The lowest BCUT2D eigenvalue weighted by molar-refractivity contribution is -0.0551. The van der Waals surface area contributed by atoms with Crippen LogP contribution < -0.4 is 9.64 Å². The lowest BCUT2D eigenvalue weighted by Gasteiger charge is -2.40. The molecule has 2 aromatic rings. The predicted molar refractivity (Wildman–Crippen MR) is 121 cm³/mol. The van der Waals surface area contributed by atoms with Gasteiger partial charge in [-0.2, -0.15) is 0 Å². The van der Waals surface area contributed by atoms with Crippen molar-refractivity contribution in [2.45, 2.75) is 50.7 Å². The summed E-state index contributed by atoms with van der Waals surface area (Å²) in [5.74, 6) is 0.985. The minimum absolute atomic E-state index is 0.0650. The van der Waals surface area contributed by atoms with Gasteiger partial charge in [0.25, 0.3) is 0 Å². The Morgan fingerprint density at radius 2 is 1.63 bits per heavy atom. The second-order valence-electron chi connectivity index (χ2n) is 9.03. The van der Waals surface area contributed by atoms with Crippen LogP contribution in [0.25, 0.3) is 0 Å². The Labute approximate surface area is 180 Å². The molecule has 0 atom stereocenters. The van der Waals surface area contributed by atoms with Crippen molar-refractivity contribution in [3.8, 4) is 5.75 Å². The van der Waals surface area contributed by atoms with Crippen molar-refractivity contribution in [2.24, 2.45) is 0 Å². The number of likely N-dealkylation sites (tertiary alicyclic amines) is 1. The van der Waals surface area contributed by atoms with Gasteiger partial charge >= 0.3 is 0 Å². The van der Waals surface area contributed by atoms with E-state index in [1.807, 2.05) is 0 Å². The molecule has 30 heavy (non-hydrogen) atoms. The molecule has 2 fully saturated rings. The third kappa shape index (κ3) is 4.21. The van der Waals surface area contributed by atoms with Crippen LogP contribution in [0.4, 0.5) is 5.69 Å². The van der Waals surface area contributed by atoms with Gasteiger partial charge in [0.05, 0.1) is 18.8 Å². The smallest absolute Gasteiger partial charge is 0.119 e. The number of anilines is 1. The highest BCUT2D eigenvalue weighted by Crippen LogP contribution is 2.44. The normalized spacial score (nSPS) is 21.0. The molecule has 0 unspecified atom stereocenters. The molecule has 3 aliphatic rings. The summed E-state index contributed by atoms with van der Waals surface area (Å²) in [4.78, 5) is 5.06. The molecule has 0 N–H and O–H groups in total. The molecule has 0 radical (unpaired) electrons. The second-order valence-corrected chi connectivity index (χ2v) is 9.03. The quantitative estimate of drug-likeness (QED) is 0.633. The molecule has 0 aromatic heterocycles. The van der Waals surface area contributed by atoms with Crippen LogP contribution in [-0.2, 0) is 16.9 Å². The first-order chi connectivity index (χ1) is 14.8. The first kappa shape index (κ1) is 19.9. The van der Waals surface area contributed by atoms with Gasteiger partial charge in [0.15, 0.2) is 0 Å². The van der Waals surface area contributed by atoms with E-state index in [0.717, 1.165) is 51.3 Å². The summed E-state index contributed by atoms with van der Waals surface area (Å²) >= 11 is 0. The Balaban J connectivity index is 1.10. The molecule has 160 valence electrons. The Kier molecular flexibility index (Phi) is 5.96. The molecular weight excluding hydrogens is 372 g/mol. The van der Waals surface area contributed by atoms with Crippen molar-refractivity contribution in [3.63, 3.8) is 0 Å². The molecule has 3 heterocycles. The van der Waals surface area contributed by atoms with Gasteiger partial charge in [-0.05, 0) is 80.6 Å². The summed E-state index contributed by atoms with van der Waals surface area (Å²) < 4.78 is 12.3. The number of fused-ring (bicyclic) bond motifs is 2. The van der Waals surface area contributed by atoms with E-state index in [4.69, 9.17) is 9.47 Å². The van der Waals surface area contributed by atoms with Gasteiger partial charge in [-0.15, -0.1) is 0 Å². The van der Waals surface area contributed by atoms with Crippen molar-refractivity contribution < 1.29 is 9.47 Å². The van der Waals surface area contributed by atoms with Gasteiger partial charge in [-0.25, -0.2) is 0 Å². The summed E-state index contributed by atoms with van der Waals surface area (Å²) in [7, 11) is 0. The average molecular weight is 407 g/mol. The molecule has 0 aliphatic carbocycles. The van der Waals surface area contributed by atoms with Crippen LogP contribution in [0, 0.1) is 0 Å². The maximum absolute atomic E-state index is 6.30.